The van der Waals surface area contributed by atoms with Gasteiger partial charge in [0, 0.05) is 24.2 Å². The Hall–Kier alpha value is -3.20. The predicted octanol–water partition coefficient (Wildman–Crippen LogP) is 2.94. The zero-order valence-electron chi connectivity index (χ0n) is 17.4. The molecule has 5 rings (SSSR count). The number of rotatable bonds is 2. The zero-order valence-corrected chi connectivity index (χ0v) is 17.4. The minimum absolute atomic E-state index is 0.134. The van der Waals surface area contributed by atoms with Gasteiger partial charge in [-0.25, -0.2) is 14.0 Å². The maximum atomic E-state index is 9.64. The quantitative estimate of drug-likeness (QED) is 0.464. The van der Waals surface area contributed by atoms with Crippen molar-refractivity contribution in [1.29, 1.82) is 0 Å². The molecule has 9 heteroatoms. The molecule has 0 aromatic carbocycles. The van der Waals surface area contributed by atoms with Crippen LogP contribution in [0.2, 0.25) is 0 Å². The molecular weight excluding hydrogens is 380 g/mol. The lowest BCUT2D eigenvalue weighted by molar-refractivity contribution is 0.000834. The van der Waals surface area contributed by atoms with E-state index in [2.05, 4.69) is 20.2 Å². The van der Waals surface area contributed by atoms with Crippen LogP contribution in [-0.4, -0.2) is 39.9 Å². The molecule has 1 aliphatic rings. The van der Waals surface area contributed by atoms with Crippen molar-refractivity contribution in [3.8, 4) is 11.3 Å². The smallest absolute Gasteiger partial charge is 0.240 e. The minimum atomic E-state index is -0.430. The van der Waals surface area contributed by atoms with Gasteiger partial charge in [0.25, 0.3) is 0 Å². The third-order valence-corrected chi connectivity index (χ3v) is 5.69. The fourth-order valence-corrected chi connectivity index (χ4v) is 4.04. The number of imidazole rings is 1. The van der Waals surface area contributed by atoms with E-state index in [-0.39, 0.29) is 5.95 Å². The van der Waals surface area contributed by atoms with Gasteiger partial charge in [0.1, 0.15) is 5.52 Å². The molecule has 30 heavy (non-hydrogen) atoms. The number of nitrogens with two attached hydrogens (primary N) is 2. The van der Waals surface area contributed by atoms with Crippen molar-refractivity contribution in [3.63, 3.8) is 0 Å². The molecule has 5 N–H and O–H groups in total. The van der Waals surface area contributed by atoms with Crippen molar-refractivity contribution in [2.24, 2.45) is 5.92 Å². The molecule has 0 aliphatic heterocycles. The largest absolute Gasteiger partial charge is 0.390 e. The molecule has 158 valence electrons. The van der Waals surface area contributed by atoms with Crippen molar-refractivity contribution >= 4 is 22.9 Å². The van der Waals surface area contributed by atoms with E-state index in [0.29, 0.717) is 17.3 Å². The first kappa shape index (κ1) is 20.1. The molecule has 0 radical (unpaired) electrons. The summed E-state index contributed by atoms with van der Waals surface area (Å²) in [6.45, 7) is 3.87. The molecule has 0 spiro atoms. The van der Waals surface area contributed by atoms with E-state index in [9.17, 15) is 5.11 Å². The van der Waals surface area contributed by atoms with Gasteiger partial charge in [-0.05, 0) is 50.8 Å². The summed E-state index contributed by atoms with van der Waals surface area (Å²) < 4.78 is 3.31. The van der Waals surface area contributed by atoms with Crippen LogP contribution in [0.5, 0.6) is 0 Å². The van der Waals surface area contributed by atoms with E-state index in [4.69, 9.17) is 11.5 Å². The molecule has 4 heterocycles. The number of aromatic nitrogens is 6. The van der Waals surface area contributed by atoms with Gasteiger partial charge in [0.2, 0.25) is 5.95 Å². The van der Waals surface area contributed by atoms with E-state index in [1.807, 2.05) is 32.0 Å². The van der Waals surface area contributed by atoms with Crippen LogP contribution in [0.1, 0.15) is 46.0 Å². The predicted molar refractivity (Wildman–Crippen MR) is 117 cm³/mol. The van der Waals surface area contributed by atoms with Crippen LogP contribution >= 0.6 is 0 Å². The zero-order chi connectivity index (χ0) is 21.3. The van der Waals surface area contributed by atoms with Crippen molar-refractivity contribution in [2.45, 2.75) is 51.6 Å². The summed E-state index contributed by atoms with van der Waals surface area (Å²) in [6, 6.07) is 5.65. The van der Waals surface area contributed by atoms with Crippen molar-refractivity contribution in [2.75, 3.05) is 11.5 Å². The van der Waals surface area contributed by atoms with Crippen LogP contribution in [0, 0.1) is 5.92 Å². The Morgan fingerprint density at radius 3 is 2.47 bits per heavy atom. The molecule has 1 aliphatic carbocycles. The van der Waals surface area contributed by atoms with Gasteiger partial charge >= 0.3 is 0 Å². The number of nitrogen functional groups attached to an aromatic ring is 2. The number of fused-ring (bicyclic) bond motifs is 2. The Morgan fingerprint density at radius 2 is 1.77 bits per heavy atom. The van der Waals surface area contributed by atoms with Gasteiger partial charge in [-0.15, -0.1) is 5.10 Å². The number of anilines is 2. The number of hydrogen-bond acceptors (Lipinski definition) is 7. The summed E-state index contributed by atoms with van der Waals surface area (Å²) in [6.07, 6.45) is 11.7. The molecule has 0 unspecified atom stereocenters. The van der Waals surface area contributed by atoms with Crippen LogP contribution in [0.3, 0.4) is 0 Å². The highest BCUT2D eigenvalue weighted by atomic mass is 16.3. The van der Waals surface area contributed by atoms with Gasteiger partial charge < -0.3 is 16.6 Å². The Kier molecular flexibility index (Phi) is 5.29. The third-order valence-electron chi connectivity index (χ3n) is 5.69. The van der Waals surface area contributed by atoms with Crippen LogP contribution in [0.15, 0.2) is 36.8 Å². The summed E-state index contributed by atoms with van der Waals surface area (Å²) in [4.78, 5) is 8.15. The van der Waals surface area contributed by atoms with Crippen molar-refractivity contribution < 1.29 is 5.11 Å². The summed E-state index contributed by atoms with van der Waals surface area (Å²) in [5.41, 5.74) is 14.2. The fourth-order valence-electron chi connectivity index (χ4n) is 4.04. The lowest BCUT2D eigenvalue weighted by atomic mass is 9.79. The Morgan fingerprint density at radius 1 is 1.00 bits per heavy atom. The maximum Gasteiger partial charge on any atom is 0.240 e. The molecule has 0 saturated heterocycles. The summed E-state index contributed by atoms with van der Waals surface area (Å²) in [7, 11) is 0. The molecular formula is C21H28N8O. The van der Waals surface area contributed by atoms with Crippen molar-refractivity contribution in [1.82, 2.24) is 29.2 Å². The van der Waals surface area contributed by atoms with Gasteiger partial charge in [-0.3, -0.25) is 0 Å². The maximum absolute atomic E-state index is 9.64. The van der Waals surface area contributed by atoms with Gasteiger partial charge in [-0.2, -0.15) is 10.1 Å². The molecule has 9 nitrogen and oxygen atoms in total. The topological polar surface area (TPSA) is 133 Å². The Labute approximate surface area is 174 Å². The average molecular weight is 409 g/mol. The van der Waals surface area contributed by atoms with Crippen LogP contribution in [0.25, 0.3) is 22.4 Å². The van der Waals surface area contributed by atoms with E-state index >= 15 is 0 Å². The molecule has 1 saturated carbocycles. The average Bonchev–Trinajstić information content (AvgIpc) is 3.34. The monoisotopic (exact) mass is 408 g/mol. The fraction of sp³-hybridized carbons (Fsp3) is 0.429. The first-order valence-electron chi connectivity index (χ1n) is 10.3. The Balaban J connectivity index is 0.000000185. The summed E-state index contributed by atoms with van der Waals surface area (Å²) in [5.74, 6) is 1.02. The third kappa shape index (κ3) is 4.06. The first-order valence-corrected chi connectivity index (χ1v) is 10.3. The van der Waals surface area contributed by atoms with Gasteiger partial charge in [0.15, 0.2) is 11.5 Å². The molecule has 0 amide bonds. The number of hydrogen-bond donors (Lipinski definition) is 3. The normalized spacial score (nSPS) is 15.3. The highest BCUT2D eigenvalue weighted by molar-refractivity contribution is 5.86. The van der Waals surface area contributed by atoms with E-state index in [1.165, 1.54) is 32.1 Å². The second-order valence-corrected chi connectivity index (χ2v) is 8.32. The molecule has 0 atom stereocenters. The standard InChI is InChI=1S/C12H10N8.C9H18O/c13-11-10-7(3-5-20(10)18-12(14)16-11)8-1-2-9-15-4-6-19(9)17-8;1-9(2,10)8-6-4-3-5-7-8/h1-6H,(H4,13,14,16,18);8,10H,3-7H2,1-2H3. The molecule has 0 bridgehead atoms. The van der Waals surface area contributed by atoms with E-state index < -0.39 is 5.60 Å². The number of aliphatic hydroxyl groups is 1. The first-order chi connectivity index (χ1) is 14.3. The van der Waals surface area contributed by atoms with Crippen molar-refractivity contribution in [3.05, 3.63) is 36.8 Å². The van der Waals surface area contributed by atoms with Crippen LogP contribution in [0.4, 0.5) is 11.8 Å². The second-order valence-electron chi connectivity index (χ2n) is 8.32. The lowest BCUT2D eigenvalue weighted by Gasteiger charge is -2.32. The molecule has 1 fully saturated rings. The molecule has 4 aromatic rings. The van der Waals surface area contributed by atoms with Crippen LogP contribution in [-0.2, 0) is 0 Å². The molecule has 4 aromatic heterocycles. The number of nitrogens with zero attached hydrogens (tertiary/aromatic N) is 6. The minimum Gasteiger partial charge on any atom is -0.390 e. The Bertz CT molecular complexity index is 1150. The highest BCUT2D eigenvalue weighted by Gasteiger charge is 2.27. The summed E-state index contributed by atoms with van der Waals surface area (Å²) in [5, 5.41) is 18.2. The van der Waals surface area contributed by atoms with Gasteiger partial charge in [-0.1, -0.05) is 19.3 Å². The lowest BCUT2D eigenvalue weighted by Crippen LogP contribution is -2.32. The van der Waals surface area contributed by atoms with Crippen LogP contribution < -0.4 is 11.5 Å². The van der Waals surface area contributed by atoms with E-state index in [0.717, 1.165) is 16.9 Å². The van der Waals surface area contributed by atoms with E-state index in [1.54, 1.807) is 27.6 Å². The highest BCUT2D eigenvalue weighted by Crippen LogP contribution is 2.32. The van der Waals surface area contributed by atoms with Gasteiger partial charge in [0.05, 0.1) is 11.3 Å². The second kappa shape index (κ2) is 7.91. The SMILES string of the molecule is CC(C)(O)C1CCCCC1.Nc1nc(N)c2c(-c3ccc4nccn4n3)ccn2n1. The summed E-state index contributed by atoms with van der Waals surface area (Å²) >= 11 is 0.